The molecule has 3 rings (SSSR count). The average Bonchev–Trinajstić information content (AvgIpc) is 2.73. The molecule has 0 aromatic heterocycles. The fourth-order valence-electron chi connectivity index (χ4n) is 2.97. The van der Waals surface area contributed by atoms with E-state index in [1.165, 1.54) is 0 Å². The monoisotopic (exact) mass is 373 g/mol. The lowest BCUT2D eigenvalue weighted by Gasteiger charge is -2.14. The molecule has 0 bridgehead atoms. The number of benzene rings is 3. The van der Waals surface area contributed by atoms with Gasteiger partial charge in [0, 0.05) is 6.54 Å². The zero-order valence-electron chi connectivity index (χ0n) is 15.1. The number of carbonyl (C=O) groups excluding carboxylic acids is 2. The second-order valence-electron chi connectivity index (χ2n) is 6.24. The van der Waals surface area contributed by atoms with Crippen LogP contribution in [0, 0.1) is 11.3 Å². The number of nitriles is 1. The fraction of sp³-hybridized carbons (Fsp3) is 0.136. The van der Waals surface area contributed by atoms with Gasteiger partial charge in [-0.1, -0.05) is 54.6 Å². The topological polar surface area (TPSA) is 102 Å². The SMILES string of the molecule is N#Cc1ccccc1NC(=O)C(=O)NCCC(O)c1cccc2ccccc12. The van der Waals surface area contributed by atoms with Crippen molar-refractivity contribution in [2.75, 3.05) is 11.9 Å². The van der Waals surface area contributed by atoms with Crippen molar-refractivity contribution < 1.29 is 14.7 Å². The van der Waals surface area contributed by atoms with Gasteiger partial charge in [-0.25, -0.2) is 0 Å². The van der Waals surface area contributed by atoms with E-state index in [0.29, 0.717) is 0 Å². The molecule has 0 spiro atoms. The number of aliphatic hydroxyl groups is 1. The van der Waals surface area contributed by atoms with E-state index in [2.05, 4.69) is 10.6 Å². The highest BCUT2D eigenvalue weighted by molar-refractivity contribution is 6.39. The number of hydrogen-bond donors (Lipinski definition) is 3. The Morgan fingerprint density at radius 1 is 0.964 bits per heavy atom. The molecule has 1 unspecified atom stereocenters. The van der Waals surface area contributed by atoms with Crippen LogP contribution in [-0.2, 0) is 9.59 Å². The van der Waals surface area contributed by atoms with Gasteiger partial charge >= 0.3 is 11.8 Å². The van der Waals surface area contributed by atoms with Crippen molar-refractivity contribution in [2.24, 2.45) is 0 Å². The third-order valence-corrected chi connectivity index (χ3v) is 4.39. The molecule has 0 saturated heterocycles. The van der Waals surface area contributed by atoms with Gasteiger partial charge in [0.25, 0.3) is 0 Å². The number of anilines is 1. The Morgan fingerprint density at radius 3 is 2.50 bits per heavy atom. The highest BCUT2D eigenvalue weighted by Crippen LogP contribution is 2.25. The van der Waals surface area contributed by atoms with E-state index in [4.69, 9.17) is 5.26 Å². The summed E-state index contributed by atoms with van der Waals surface area (Å²) in [7, 11) is 0. The Labute approximate surface area is 162 Å². The Bertz CT molecular complexity index is 1050. The summed E-state index contributed by atoms with van der Waals surface area (Å²) < 4.78 is 0. The standard InChI is InChI=1S/C22H19N3O3/c23-14-16-7-2-4-11-19(16)25-22(28)21(27)24-13-12-20(26)18-10-5-8-15-6-1-3-9-17(15)18/h1-11,20,26H,12-13H2,(H,24,27)(H,25,28). The van der Waals surface area contributed by atoms with Crippen molar-refractivity contribution in [3.8, 4) is 6.07 Å². The van der Waals surface area contributed by atoms with Gasteiger partial charge in [-0.05, 0) is 34.9 Å². The van der Waals surface area contributed by atoms with Crippen LogP contribution in [0.15, 0.2) is 66.7 Å². The Balaban J connectivity index is 1.56. The summed E-state index contributed by atoms with van der Waals surface area (Å²) in [5.74, 6) is -1.68. The summed E-state index contributed by atoms with van der Waals surface area (Å²) in [5.41, 5.74) is 1.33. The number of amides is 2. The molecule has 1 atom stereocenters. The lowest BCUT2D eigenvalue weighted by molar-refractivity contribution is -0.136. The number of fused-ring (bicyclic) bond motifs is 1. The van der Waals surface area contributed by atoms with E-state index < -0.39 is 17.9 Å². The second kappa shape index (κ2) is 8.80. The molecule has 3 aromatic carbocycles. The third kappa shape index (κ3) is 4.34. The maximum Gasteiger partial charge on any atom is 0.313 e. The predicted molar refractivity (Wildman–Crippen MR) is 106 cm³/mol. The highest BCUT2D eigenvalue weighted by atomic mass is 16.3. The summed E-state index contributed by atoms with van der Waals surface area (Å²) >= 11 is 0. The van der Waals surface area contributed by atoms with Crippen LogP contribution >= 0.6 is 0 Å². The minimum Gasteiger partial charge on any atom is -0.388 e. The van der Waals surface area contributed by atoms with Crippen LogP contribution in [0.1, 0.15) is 23.7 Å². The number of rotatable bonds is 5. The van der Waals surface area contributed by atoms with Crippen molar-refractivity contribution >= 4 is 28.3 Å². The molecule has 6 heteroatoms. The lowest BCUT2D eigenvalue weighted by atomic mass is 9.99. The van der Waals surface area contributed by atoms with Crippen LogP contribution < -0.4 is 10.6 Å². The van der Waals surface area contributed by atoms with Crippen LogP contribution in [0.4, 0.5) is 5.69 Å². The van der Waals surface area contributed by atoms with E-state index in [0.717, 1.165) is 16.3 Å². The number of hydrogen-bond acceptors (Lipinski definition) is 4. The van der Waals surface area contributed by atoms with Crippen molar-refractivity contribution in [2.45, 2.75) is 12.5 Å². The fourth-order valence-corrected chi connectivity index (χ4v) is 2.97. The Morgan fingerprint density at radius 2 is 1.68 bits per heavy atom. The normalized spacial score (nSPS) is 11.4. The first-order chi connectivity index (χ1) is 13.6. The van der Waals surface area contributed by atoms with E-state index >= 15 is 0 Å². The molecular weight excluding hydrogens is 354 g/mol. The molecule has 0 radical (unpaired) electrons. The van der Waals surface area contributed by atoms with E-state index in [1.54, 1.807) is 24.3 Å². The first-order valence-electron chi connectivity index (χ1n) is 8.84. The maximum atomic E-state index is 12.0. The molecule has 140 valence electrons. The lowest BCUT2D eigenvalue weighted by Crippen LogP contribution is -2.36. The largest absolute Gasteiger partial charge is 0.388 e. The van der Waals surface area contributed by atoms with Crippen LogP contribution in [0.3, 0.4) is 0 Å². The van der Waals surface area contributed by atoms with E-state index in [-0.39, 0.29) is 24.2 Å². The smallest absolute Gasteiger partial charge is 0.313 e. The zero-order chi connectivity index (χ0) is 19.9. The second-order valence-corrected chi connectivity index (χ2v) is 6.24. The van der Waals surface area contributed by atoms with Crippen molar-refractivity contribution in [3.05, 3.63) is 77.9 Å². The molecule has 0 heterocycles. The molecular formula is C22H19N3O3. The number of carbonyl (C=O) groups is 2. The zero-order valence-corrected chi connectivity index (χ0v) is 15.1. The number of nitrogens with one attached hydrogen (secondary N) is 2. The predicted octanol–water partition coefficient (Wildman–Crippen LogP) is 2.89. The van der Waals surface area contributed by atoms with Gasteiger partial charge in [0.1, 0.15) is 6.07 Å². The molecule has 0 fully saturated rings. The third-order valence-electron chi connectivity index (χ3n) is 4.39. The van der Waals surface area contributed by atoms with Gasteiger partial charge in [-0.3, -0.25) is 9.59 Å². The quantitative estimate of drug-likeness (QED) is 0.599. The Hall–Kier alpha value is -3.69. The molecule has 0 aliphatic carbocycles. The summed E-state index contributed by atoms with van der Waals surface area (Å²) in [4.78, 5) is 24.0. The average molecular weight is 373 g/mol. The van der Waals surface area contributed by atoms with Crippen LogP contribution in [-0.4, -0.2) is 23.5 Å². The number of aliphatic hydroxyl groups excluding tert-OH is 1. The summed E-state index contributed by atoms with van der Waals surface area (Å²) in [6, 6.07) is 21.8. The Kier molecular flexibility index (Phi) is 6.00. The summed E-state index contributed by atoms with van der Waals surface area (Å²) in [6.45, 7) is 0.135. The van der Waals surface area contributed by atoms with Gasteiger partial charge in [0.05, 0.1) is 17.4 Å². The minimum absolute atomic E-state index is 0.135. The number of para-hydroxylation sites is 1. The van der Waals surface area contributed by atoms with Crippen molar-refractivity contribution in [1.29, 1.82) is 5.26 Å². The van der Waals surface area contributed by atoms with Gasteiger partial charge in [-0.2, -0.15) is 5.26 Å². The first-order valence-corrected chi connectivity index (χ1v) is 8.84. The van der Waals surface area contributed by atoms with Crippen molar-refractivity contribution in [1.82, 2.24) is 5.32 Å². The van der Waals surface area contributed by atoms with Crippen LogP contribution in [0.2, 0.25) is 0 Å². The van der Waals surface area contributed by atoms with Crippen molar-refractivity contribution in [3.63, 3.8) is 0 Å². The highest BCUT2D eigenvalue weighted by Gasteiger charge is 2.16. The maximum absolute atomic E-state index is 12.0. The first kappa shape index (κ1) is 19.1. The molecule has 28 heavy (non-hydrogen) atoms. The van der Waals surface area contributed by atoms with Gasteiger partial charge < -0.3 is 15.7 Å². The molecule has 0 saturated carbocycles. The van der Waals surface area contributed by atoms with Crippen LogP contribution in [0.5, 0.6) is 0 Å². The minimum atomic E-state index is -0.859. The van der Waals surface area contributed by atoms with Gasteiger partial charge in [0.15, 0.2) is 0 Å². The van der Waals surface area contributed by atoms with Gasteiger partial charge in [-0.15, -0.1) is 0 Å². The molecule has 0 aliphatic rings. The van der Waals surface area contributed by atoms with Crippen LogP contribution in [0.25, 0.3) is 10.8 Å². The van der Waals surface area contributed by atoms with E-state index in [9.17, 15) is 14.7 Å². The summed E-state index contributed by atoms with van der Waals surface area (Å²) in [6.07, 6.45) is -0.504. The molecule has 6 nitrogen and oxygen atoms in total. The number of nitrogens with zero attached hydrogens (tertiary/aromatic N) is 1. The molecule has 3 aromatic rings. The van der Waals surface area contributed by atoms with Gasteiger partial charge in [0.2, 0.25) is 0 Å². The molecule has 3 N–H and O–H groups in total. The summed E-state index contributed by atoms with van der Waals surface area (Å²) in [5, 5.41) is 26.4. The van der Waals surface area contributed by atoms with E-state index in [1.807, 2.05) is 48.5 Å². The molecule has 0 aliphatic heterocycles. The molecule has 2 amide bonds.